The van der Waals surface area contributed by atoms with E-state index in [1.54, 1.807) is 0 Å². The Bertz CT molecular complexity index is 537. The Labute approximate surface area is 129 Å². The van der Waals surface area contributed by atoms with E-state index in [1.165, 1.54) is 12.8 Å². The summed E-state index contributed by atoms with van der Waals surface area (Å²) in [5.74, 6) is 1.21. The molecule has 0 aromatic heterocycles. The molecule has 0 radical (unpaired) electrons. The van der Waals surface area contributed by atoms with Crippen molar-refractivity contribution < 1.29 is 9.53 Å². The highest BCUT2D eigenvalue weighted by Crippen LogP contribution is 2.46. The summed E-state index contributed by atoms with van der Waals surface area (Å²) < 4.78 is 5.43. The van der Waals surface area contributed by atoms with Crippen molar-refractivity contribution in [3.05, 3.63) is 29.8 Å². The number of nitrogens with zero attached hydrogens (tertiary/aromatic N) is 1. The number of carbonyl (C=O) groups is 1. The van der Waals surface area contributed by atoms with Crippen LogP contribution in [0.5, 0.6) is 5.75 Å². The van der Waals surface area contributed by atoms with Crippen LogP contribution in [0.3, 0.4) is 0 Å². The number of Topliss-reactive ketones (excluding diaryl/α,β-unsaturated/α-hetero) is 1. The highest BCUT2D eigenvalue weighted by atomic mass is 32.2. The number of rotatable bonds is 5. The van der Waals surface area contributed by atoms with E-state index in [1.807, 2.05) is 30.3 Å². The van der Waals surface area contributed by atoms with Crippen molar-refractivity contribution in [2.24, 2.45) is 5.92 Å². The summed E-state index contributed by atoms with van der Waals surface area (Å²) in [7, 11) is 0. The van der Waals surface area contributed by atoms with Gasteiger partial charge in [0.05, 0.1) is 12.5 Å². The molecule has 2 bridgehead atoms. The topological polar surface area (TPSA) is 50.1 Å². The molecule has 0 saturated carbocycles. The molecule has 1 aromatic carbocycles. The van der Waals surface area contributed by atoms with Gasteiger partial charge in [0.2, 0.25) is 0 Å². The molecule has 110 valence electrons. The van der Waals surface area contributed by atoms with Crippen LogP contribution in [0.4, 0.5) is 0 Å². The molecule has 0 aliphatic carbocycles. The lowest BCUT2D eigenvalue weighted by molar-refractivity contribution is 0.0907. The summed E-state index contributed by atoms with van der Waals surface area (Å²) in [6, 6.07) is 9.41. The quantitative estimate of drug-likeness (QED) is 0.612. The highest BCUT2D eigenvalue weighted by Gasteiger charge is 2.37. The zero-order valence-electron chi connectivity index (χ0n) is 12.0. The largest absolute Gasteiger partial charge is 0.493 e. The summed E-state index contributed by atoms with van der Waals surface area (Å²) in [6.07, 6.45) is 5.03. The fraction of sp³-hybridized carbons (Fsp3) is 0.529. The minimum Gasteiger partial charge on any atom is -0.493 e. The van der Waals surface area contributed by atoms with Crippen LogP contribution in [-0.2, 0) is 0 Å². The lowest BCUT2D eigenvalue weighted by Crippen LogP contribution is -2.24. The number of hydrogen-bond donors (Lipinski definition) is 0. The van der Waals surface area contributed by atoms with E-state index in [9.17, 15) is 4.79 Å². The van der Waals surface area contributed by atoms with Gasteiger partial charge in [-0.1, -0.05) is 0 Å². The Morgan fingerprint density at radius 2 is 1.90 bits per heavy atom. The van der Waals surface area contributed by atoms with E-state index in [0.29, 0.717) is 23.5 Å². The molecule has 2 aliphatic heterocycles. The van der Waals surface area contributed by atoms with Crippen LogP contribution in [0.25, 0.3) is 0 Å². The molecule has 3 rings (SSSR count). The number of carbonyl (C=O) groups excluding carboxylic acids is 1. The zero-order chi connectivity index (χ0) is 14.7. The van der Waals surface area contributed by atoms with Gasteiger partial charge >= 0.3 is 0 Å². The summed E-state index contributed by atoms with van der Waals surface area (Å²) in [4.78, 5) is 12.6. The third kappa shape index (κ3) is 3.41. The van der Waals surface area contributed by atoms with Gasteiger partial charge in [0, 0.05) is 22.0 Å². The number of ketones is 1. The summed E-state index contributed by atoms with van der Waals surface area (Å²) in [6.45, 7) is 0.396. The van der Waals surface area contributed by atoms with Crippen molar-refractivity contribution in [1.29, 1.82) is 5.26 Å². The fourth-order valence-electron chi connectivity index (χ4n) is 3.24. The molecule has 21 heavy (non-hydrogen) atoms. The average Bonchev–Trinajstić information content (AvgIpc) is 2.86. The molecule has 4 heteroatoms. The first kappa shape index (κ1) is 14.5. The van der Waals surface area contributed by atoms with Crippen molar-refractivity contribution in [2.75, 3.05) is 6.61 Å². The van der Waals surface area contributed by atoms with Gasteiger partial charge in [0.1, 0.15) is 12.4 Å². The molecule has 3 nitrogen and oxygen atoms in total. The van der Waals surface area contributed by atoms with E-state index in [2.05, 4.69) is 11.8 Å². The van der Waals surface area contributed by atoms with Gasteiger partial charge in [-0.2, -0.15) is 17.0 Å². The van der Waals surface area contributed by atoms with Gasteiger partial charge in [-0.25, -0.2) is 0 Å². The molecule has 2 fully saturated rings. The van der Waals surface area contributed by atoms with Crippen molar-refractivity contribution in [2.45, 2.75) is 42.6 Å². The maximum atomic E-state index is 12.6. The molecular formula is C17H19NO2S. The standard InChI is InChI=1S/C17H19NO2S/c18-8-1-9-20-14-4-2-12(3-5-14)17(19)13-10-15-6-7-16(11-13)21-15/h2-5,13,15-16H,1,6-7,9-11H2. The number of ether oxygens (including phenoxy) is 1. The summed E-state index contributed by atoms with van der Waals surface area (Å²) >= 11 is 2.08. The van der Waals surface area contributed by atoms with E-state index in [0.717, 1.165) is 24.2 Å². The molecule has 2 saturated heterocycles. The van der Waals surface area contributed by atoms with Crippen LogP contribution >= 0.6 is 11.8 Å². The van der Waals surface area contributed by atoms with Crippen molar-refractivity contribution in [3.63, 3.8) is 0 Å². The van der Waals surface area contributed by atoms with E-state index < -0.39 is 0 Å². The molecule has 2 aliphatic rings. The van der Waals surface area contributed by atoms with Crippen molar-refractivity contribution in [3.8, 4) is 11.8 Å². The monoisotopic (exact) mass is 301 g/mol. The molecule has 1 aromatic rings. The molecule has 0 N–H and O–H groups in total. The Morgan fingerprint density at radius 1 is 1.24 bits per heavy atom. The fourth-order valence-corrected chi connectivity index (χ4v) is 5.01. The lowest BCUT2D eigenvalue weighted by Gasteiger charge is -2.26. The Morgan fingerprint density at radius 3 is 2.52 bits per heavy atom. The van der Waals surface area contributed by atoms with Gasteiger partial charge in [-0.15, -0.1) is 0 Å². The smallest absolute Gasteiger partial charge is 0.166 e. The maximum absolute atomic E-state index is 12.6. The predicted octanol–water partition coefficient (Wildman–Crippen LogP) is 3.84. The third-order valence-corrected chi connectivity index (χ3v) is 5.91. The number of hydrogen-bond acceptors (Lipinski definition) is 4. The van der Waals surface area contributed by atoms with Crippen LogP contribution < -0.4 is 4.74 Å². The molecule has 2 atom stereocenters. The highest BCUT2D eigenvalue weighted by molar-refractivity contribution is 8.00. The Balaban J connectivity index is 1.61. The number of benzene rings is 1. The zero-order valence-corrected chi connectivity index (χ0v) is 12.8. The van der Waals surface area contributed by atoms with E-state index in [-0.39, 0.29) is 11.7 Å². The molecule has 2 heterocycles. The third-order valence-electron chi connectivity index (χ3n) is 4.28. The van der Waals surface area contributed by atoms with E-state index >= 15 is 0 Å². The maximum Gasteiger partial charge on any atom is 0.166 e. The SMILES string of the molecule is N#CCCOc1ccc(C(=O)C2CC3CCC(C2)S3)cc1. The second-order valence-electron chi connectivity index (χ2n) is 5.77. The first-order chi connectivity index (χ1) is 10.3. The van der Waals surface area contributed by atoms with Gasteiger partial charge in [0.15, 0.2) is 5.78 Å². The number of thioether (sulfide) groups is 1. The molecular weight excluding hydrogens is 282 g/mol. The first-order valence-corrected chi connectivity index (χ1v) is 8.50. The second-order valence-corrected chi connectivity index (χ2v) is 7.38. The van der Waals surface area contributed by atoms with Gasteiger partial charge < -0.3 is 4.74 Å². The van der Waals surface area contributed by atoms with E-state index in [4.69, 9.17) is 10.00 Å². The van der Waals surface area contributed by atoms with Gasteiger partial charge in [0.25, 0.3) is 0 Å². The van der Waals surface area contributed by atoms with Crippen LogP contribution in [-0.4, -0.2) is 22.9 Å². The molecule has 0 spiro atoms. The van der Waals surface area contributed by atoms with Gasteiger partial charge in [-0.05, 0) is 49.9 Å². The molecule has 2 unspecified atom stereocenters. The lowest BCUT2D eigenvalue weighted by atomic mass is 9.90. The van der Waals surface area contributed by atoms with Crippen LogP contribution in [0, 0.1) is 17.2 Å². The molecule has 0 amide bonds. The van der Waals surface area contributed by atoms with Crippen LogP contribution in [0.2, 0.25) is 0 Å². The predicted molar refractivity (Wildman–Crippen MR) is 83.6 cm³/mol. The van der Waals surface area contributed by atoms with Crippen LogP contribution in [0.1, 0.15) is 42.5 Å². The number of nitriles is 1. The Kier molecular flexibility index (Phi) is 4.50. The first-order valence-electron chi connectivity index (χ1n) is 7.56. The van der Waals surface area contributed by atoms with Crippen LogP contribution in [0.15, 0.2) is 24.3 Å². The average molecular weight is 301 g/mol. The van der Waals surface area contributed by atoms with Crippen molar-refractivity contribution >= 4 is 17.5 Å². The van der Waals surface area contributed by atoms with Gasteiger partial charge in [-0.3, -0.25) is 4.79 Å². The van der Waals surface area contributed by atoms with Crippen molar-refractivity contribution in [1.82, 2.24) is 0 Å². The second kappa shape index (κ2) is 6.53. The minimum atomic E-state index is 0.203. The normalized spacial score (nSPS) is 27.1. The number of fused-ring (bicyclic) bond motifs is 2. The summed E-state index contributed by atoms with van der Waals surface area (Å²) in [5, 5.41) is 9.88. The minimum absolute atomic E-state index is 0.203. The summed E-state index contributed by atoms with van der Waals surface area (Å²) in [5.41, 5.74) is 0.791. The Hall–Kier alpha value is -1.47.